The number of hydrogen-bond acceptors (Lipinski definition) is 7. The maximum Gasteiger partial charge on any atom is 0.263 e. The lowest BCUT2D eigenvalue weighted by Gasteiger charge is -2.33. The van der Waals surface area contributed by atoms with Gasteiger partial charge in [0, 0.05) is 32.2 Å². The topological polar surface area (TPSA) is 104 Å². The Kier molecular flexibility index (Phi) is 5.50. The predicted molar refractivity (Wildman–Crippen MR) is 125 cm³/mol. The third-order valence-electron chi connectivity index (χ3n) is 6.44. The van der Waals surface area contributed by atoms with Crippen LogP contribution in [-0.4, -0.2) is 46.8 Å². The van der Waals surface area contributed by atoms with E-state index in [9.17, 15) is 10.1 Å². The van der Waals surface area contributed by atoms with Crippen LogP contribution in [0.2, 0.25) is 0 Å². The van der Waals surface area contributed by atoms with Crippen LogP contribution in [0.3, 0.4) is 0 Å². The lowest BCUT2D eigenvalue weighted by Crippen LogP contribution is -2.45. The van der Waals surface area contributed by atoms with Crippen molar-refractivity contribution in [1.82, 2.24) is 14.5 Å². The molecule has 0 aliphatic carbocycles. The minimum atomic E-state index is -0.111. The molecule has 8 heteroatoms. The van der Waals surface area contributed by atoms with Crippen LogP contribution in [0.15, 0.2) is 41.3 Å². The lowest BCUT2D eigenvalue weighted by atomic mass is 10.1. The van der Waals surface area contributed by atoms with Crippen molar-refractivity contribution in [2.45, 2.75) is 38.3 Å². The predicted octanol–water partition coefficient (Wildman–Crippen LogP) is 2.24. The highest BCUT2D eigenvalue weighted by Gasteiger charge is 2.24. The standard InChI is InChI=1S/C24H27N7O/c25-13-17-6-1-2-7-18(17)15-31-23(32)20-12-22(29-9-3-4-10-29)27-14-21(20)28-24(31)30-11-5-8-19(26)16-30/h1-2,6-7,12,14,19H,3-5,8-11,15-16,26H2. The van der Waals surface area contributed by atoms with Gasteiger partial charge in [0.15, 0.2) is 0 Å². The number of fused-ring (bicyclic) bond motifs is 1. The van der Waals surface area contributed by atoms with Gasteiger partial charge in [-0.05, 0) is 43.4 Å². The number of piperidine rings is 1. The van der Waals surface area contributed by atoms with Crippen LogP contribution < -0.4 is 21.1 Å². The number of aromatic nitrogens is 3. The summed E-state index contributed by atoms with van der Waals surface area (Å²) in [5.74, 6) is 1.42. The summed E-state index contributed by atoms with van der Waals surface area (Å²) in [4.78, 5) is 27.6. The van der Waals surface area contributed by atoms with Crippen molar-refractivity contribution < 1.29 is 0 Å². The number of nitrogens with zero attached hydrogens (tertiary/aromatic N) is 6. The molecule has 3 aromatic rings. The Balaban J connectivity index is 1.66. The van der Waals surface area contributed by atoms with E-state index in [0.717, 1.165) is 56.7 Å². The Bertz CT molecular complexity index is 1240. The number of nitriles is 1. The second-order valence-electron chi connectivity index (χ2n) is 8.67. The first-order valence-corrected chi connectivity index (χ1v) is 11.3. The fraction of sp³-hybridized carbons (Fsp3) is 0.417. The molecular formula is C24H27N7O. The average molecular weight is 430 g/mol. The second kappa shape index (κ2) is 8.60. The highest BCUT2D eigenvalue weighted by molar-refractivity contribution is 5.81. The second-order valence-corrected chi connectivity index (χ2v) is 8.67. The molecule has 2 aliphatic rings. The molecule has 0 bridgehead atoms. The SMILES string of the molecule is N#Cc1ccccc1Cn1c(N2CCCC(N)C2)nc2cnc(N3CCCC3)cc2c1=O. The summed E-state index contributed by atoms with van der Waals surface area (Å²) in [7, 11) is 0. The van der Waals surface area contributed by atoms with Crippen molar-refractivity contribution >= 4 is 22.7 Å². The van der Waals surface area contributed by atoms with E-state index >= 15 is 0 Å². The summed E-state index contributed by atoms with van der Waals surface area (Å²) in [5, 5.41) is 10.1. The van der Waals surface area contributed by atoms with Gasteiger partial charge in [-0.25, -0.2) is 9.97 Å². The molecular weight excluding hydrogens is 402 g/mol. The highest BCUT2D eigenvalue weighted by atomic mass is 16.1. The molecule has 2 saturated heterocycles. The van der Waals surface area contributed by atoms with Crippen molar-refractivity contribution in [3.05, 3.63) is 58.0 Å². The summed E-state index contributed by atoms with van der Waals surface area (Å²) in [6, 6.07) is 11.6. The van der Waals surface area contributed by atoms with E-state index < -0.39 is 0 Å². The smallest absolute Gasteiger partial charge is 0.263 e. The van der Waals surface area contributed by atoms with Gasteiger partial charge in [0.2, 0.25) is 5.95 Å². The van der Waals surface area contributed by atoms with Crippen LogP contribution in [0.4, 0.5) is 11.8 Å². The number of benzene rings is 1. The Morgan fingerprint density at radius 3 is 2.69 bits per heavy atom. The summed E-state index contributed by atoms with van der Waals surface area (Å²) >= 11 is 0. The normalized spacial score (nSPS) is 18.8. The van der Waals surface area contributed by atoms with Crippen LogP contribution in [0.25, 0.3) is 10.9 Å². The third-order valence-corrected chi connectivity index (χ3v) is 6.44. The summed E-state index contributed by atoms with van der Waals surface area (Å²) < 4.78 is 1.70. The van der Waals surface area contributed by atoms with Gasteiger partial charge in [-0.2, -0.15) is 5.26 Å². The molecule has 8 nitrogen and oxygen atoms in total. The average Bonchev–Trinajstić information content (AvgIpc) is 3.36. The minimum Gasteiger partial charge on any atom is -0.357 e. The maximum absolute atomic E-state index is 13.8. The largest absolute Gasteiger partial charge is 0.357 e. The minimum absolute atomic E-state index is 0.0480. The Labute approximate surface area is 186 Å². The number of pyridine rings is 1. The van der Waals surface area contributed by atoms with E-state index in [2.05, 4.69) is 20.9 Å². The molecule has 0 amide bonds. The van der Waals surface area contributed by atoms with E-state index in [1.165, 1.54) is 0 Å². The van der Waals surface area contributed by atoms with E-state index in [0.29, 0.717) is 29.0 Å². The third kappa shape index (κ3) is 3.80. The van der Waals surface area contributed by atoms with Crippen molar-refractivity contribution in [2.75, 3.05) is 36.0 Å². The van der Waals surface area contributed by atoms with Crippen molar-refractivity contribution in [1.29, 1.82) is 5.26 Å². The van der Waals surface area contributed by atoms with E-state index in [1.54, 1.807) is 16.8 Å². The molecule has 2 aliphatic heterocycles. The molecule has 1 aromatic carbocycles. The van der Waals surface area contributed by atoms with Gasteiger partial charge in [-0.1, -0.05) is 18.2 Å². The molecule has 0 saturated carbocycles. The maximum atomic E-state index is 13.8. The Morgan fingerprint density at radius 1 is 1.12 bits per heavy atom. The molecule has 2 fully saturated rings. The van der Waals surface area contributed by atoms with Gasteiger partial charge >= 0.3 is 0 Å². The summed E-state index contributed by atoms with van der Waals surface area (Å²) in [6.45, 7) is 3.65. The molecule has 5 rings (SSSR count). The number of rotatable bonds is 4. The number of anilines is 2. The molecule has 1 unspecified atom stereocenters. The molecule has 4 heterocycles. The van der Waals surface area contributed by atoms with Gasteiger partial charge in [0.25, 0.3) is 5.56 Å². The van der Waals surface area contributed by atoms with Gasteiger partial charge in [0.05, 0.1) is 35.3 Å². The number of hydrogen-bond donors (Lipinski definition) is 1. The molecule has 0 spiro atoms. The molecule has 2 aromatic heterocycles. The van der Waals surface area contributed by atoms with Crippen LogP contribution in [0, 0.1) is 11.3 Å². The van der Waals surface area contributed by atoms with E-state index in [4.69, 9.17) is 10.7 Å². The van der Waals surface area contributed by atoms with Gasteiger partial charge < -0.3 is 15.5 Å². The van der Waals surface area contributed by atoms with Crippen LogP contribution in [-0.2, 0) is 6.54 Å². The quantitative estimate of drug-likeness (QED) is 0.678. The van der Waals surface area contributed by atoms with Gasteiger partial charge in [0.1, 0.15) is 5.82 Å². The molecule has 32 heavy (non-hydrogen) atoms. The van der Waals surface area contributed by atoms with Gasteiger partial charge in [-0.3, -0.25) is 9.36 Å². The van der Waals surface area contributed by atoms with Crippen LogP contribution >= 0.6 is 0 Å². The summed E-state index contributed by atoms with van der Waals surface area (Å²) in [5.41, 5.74) is 8.08. The zero-order valence-corrected chi connectivity index (χ0v) is 18.1. The first-order chi connectivity index (χ1) is 15.6. The van der Waals surface area contributed by atoms with Crippen molar-refractivity contribution in [3.63, 3.8) is 0 Å². The first kappa shape index (κ1) is 20.5. The Hall–Kier alpha value is -3.44. The van der Waals surface area contributed by atoms with Crippen LogP contribution in [0.5, 0.6) is 0 Å². The van der Waals surface area contributed by atoms with E-state index in [-0.39, 0.29) is 18.1 Å². The zero-order chi connectivity index (χ0) is 22.1. The molecule has 1 atom stereocenters. The zero-order valence-electron chi connectivity index (χ0n) is 18.1. The fourth-order valence-corrected chi connectivity index (χ4v) is 4.73. The molecule has 164 valence electrons. The lowest BCUT2D eigenvalue weighted by molar-refractivity contribution is 0.492. The van der Waals surface area contributed by atoms with E-state index in [1.807, 2.05) is 24.3 Å². The Morgan fingerprint density at radius 2 is 1.91 bits per heavy atom. The van der Waals surface area contributed by atoms with Crippen molar-refractivity contribution in [2.24, 2.45) is 5.73 Å². The number of nitrogens with two attached hydrogens (primary N) is 1. The molecule has 0 radical (unpaired) electrons. The first-order valence-electron chi connectivity index (χ1n) is 11.3. The summed E-state index contributed by atoms with van der Waals surface area (Å²) in [6.07, 6.45) is 5.91. The fourth-order valence-electron chi connectivity index (χ4n) is 4.73. The molecule has 2 N–H and O–H groups in total. The van der Waals surface area contributed by atoms with Gasteiger partial charge in [-0.15, -0.1) is 0 Å². The monoisotopic (exact) mass is 429 g/mol. The highest BCUT2D eigenvalue weighted by Crippen LogP contribution is 2.24. The van der Waals surface area contributed by atoms with Crippen molar-refractivity contribution in [3.8, 4) is 6.07 Å². The van der Waals surface area contributed by atoms with Crippen LogP contribution in [0.1, 0.15) is 36.8 Å².